The van der Waals surface area contributed by atoms with E-state index in [1.54, 1.807) is 7.11 Å². The molecule has 3 N–H and O–H groups in total. The first-order valence-corrected chi connectivity index (χ1v) is 8.47. The zero-order chi connectivity index (χ0) is 17.5. The van der Waals surface area contributed by atoms with Crippen LogP contribution in [0, 0.1) is 6.92 Å². The van der Waals surface area contributed by atoms with Crippen molar-refractivity contribution in [3.05, 3.63) is 59.7 Å². The number of thiocarbonyl (C=S) groups is 1. The summed E-state index contributed by atoms with van der Waals surface area (Å²) in [6.07, 6.45) is 0. The van der Waals surface area contributed by atoms with Crippen molar-refractivity contribution in [2.24, 2.45) is 0 Å². The summed E-state index contributed by atoms with van der Waals surface area (Å²) in [5.41, 5.74) is 3.37. The zero-order valence-electron chi connectivity index (χ0n) is 14.7. The van der Waals surface area contributed by atoms with Gasteiger partial charge in [0.15, 0.2) is 5.11 Å². The molecule has 0 spiro atoms. The van der Waals surface area contributed by atoms with Gasteiger partial charge in [-0.15, -0.1) is 0 Å². The minimum absolute atomic E-state index is 0.234. The smallest absolute Gasteiger partial charge is 0.171 e. The van der Waals surface area contributed by atoms with Crippen molar-refractivity contribution in [3.8, 4) is 5.75 Å². The molecule has 0 aliphatic heterocycles. The predicted octanol–water partition coefficient (Wildman–Crippen LogP) is 2.18. The second-order valence-corrected chi connectivity index (χ2v) is 6.43. The highest BCUT2D eigenvalue weighted by molar-refractivity contribution is 7.80. The van der Waals surface area contributed by atoms with Gasteiger partial charge in [-0.05, 0) is 42.9 Å². The number of hydrogen-bond acceptors (Lipinski definition) is 2. The van der Waals surface area contributed by atoms with Crippen molar-refractivity contribution < 1.29 is 9.64 Å². The van der Waals surface area contributed by atoms with Gasteiger partial charge in [-0.3, -0.25) is 0 Å². The fourth-order valence-electron chi connectivity index (χ4n) is 2.65. The first kappa shape index (κ1) is 18.2. The molecular formula is C19H26N3OS+. The maximum absolute atomic E-state index is 5.51. The molecule has 0 unspecified atom stereocenters. The Morgan fingerprint density at radius 1 is 1.12 bits per heavy atom. The van der Waals surface area contributed by atoms with E-state index >= 15 is 0 Å². The lowest BCUT2D eigenvalue weighted by molar-refractivity contribution is -0.890. The molecule has 2 aromatic rings. The summed E-state index contributed by atoms with van der Waals surface area (Å²) in [5.74, 6) is 0.906. The van der Waals surface area contributed by atoms with Gasteiger partial charge in [0.25, 0.3) is 0 Å². The van der Waals surface area contributed by atoms with Crippen LogP contribution in [0.3, 0.4) is 0 Å². The minimum Gasteiger partial charge on any atom is -0.496 e. The van der Waals surface area contributed by atoms with Crippen molar-refractivity contribution >= 4 is 23.0 Å². The third-order valence-corrected chi connectivity index (χ3v) is 4.32. The van der Waals surface area contributed by atoms with E-state index in [9.17, 15) is 0 Å². The minimum atomic E-state index is 0.234. The van der Waals surface area contributed by atoms with Crippen molar-refractivity contribution in [1.82, 2.24) is 5.32 Å². The molecule has 2 rings (SSSR count). The van der Waals surface area contributed by atoms with Gasteiger partial charge in [0.05, 0.1) is 33.3 Å². The molecular weight excluding hydrogens is 318 g/mol. The second kappa shape index (κ2) is 8.66. The van der Waals surface area contributed by atoms with Gasteiger partial charge >= 0.3 is 0 Å². The summed E-state index contributed by atoms with van der Waals surface area (Å²) in [4.78, 5) is 1.31. The Morgan fingerprint density at radius 2 is 1.79 bits per heavy atom. The van der Waals surface area contributed by atoms with Crippen LogP contribution in [0.1, 0.15) is 17.2 Å². The lowest BCUT2D eigenvalue weighted by Crippen LogP contribution is -3.07. The van der Waals surface area contributed by atoms with Crippen LogP contribution < -0.4 is 20.3 Å². The molecule has 0 fully saturated rings. The van der Waals surface area contributed by atoms with E-state index < -0.39 is 0 Å². The topological polar surface area (TPSA) is 37.7 Å². The van der Waals surface area contributed by atoms with E-state index in [1.165, 1.54) is 16.0 Å². The van der Waals surface area contributed by atoms with E-state index in [4.69, 9.17) is 17.0 Å². The molecule has 2 aromatic carbocycles. The molecule has 5 heteroatoms. The number of para-hydroxylation sites is 2. The highest BCUT2D eigenvalue weighted by Crippen LogP contribution is 2.22. The lowest BCUT2D eigenvalue weighted by Gasteiger charge is -2.24. The van der Waals surface area contributed by atoms with Crippen molar-refractivity contribution in [2.75, 3.05) is 33.1 Å². The van der Waals surface area contributed by atoms with Gasteiger partial charge in [0, 0.05) is 5.69 Å². The largest absolute Gasteiger partial charge is 0.496 e. The molecule has 0 bridgehead atoms. The Bertz CT molecular complexity index is 688. The summed E-state index contributed by atoms with van der Waals surface area (Å²) >= 11 is 5.45. The number of rotatable bonds is 6. The summed E-state index contributed by atoms with van der Waals surface area (Å²) < 4.78 is 5.51. The molecule has 128 valence electrons. The number of ether oxygens (including phenoxy) is 1. The number of hydrogen-bond donors (Lipinski definition) is 3. The standard InChI is InChI=1S/C19H25N3OS/c1-14-9-5-7-11-16(14)21-19(24)20-13-17(22(2)3)15-10-6-8-12-18(15)23-4/h5-12,17H,13H2,1-4H3,(H2,20,21,24)/p+1/t17-/m1/s1. The summed E-state index contributed by atoms with van der Waals surface area (Å²) in [6, 6.07) is 16.5. The molecule has 0 heterocycles. The van der Waals surface area contributed by atoms with E-state index in [-0.39, 0.29) is 6.04 Å². The average molecular weight is 345 g/mol. The molecule has 0 aliphatic carbocycles. The normalized spacial score (nSPS) is 11.9. The van der Waals surface area contributed by atoms with Gasteiger partial charge in [-0.25, -0.2) is 0 Å². The van der Waals surface area contributed by atoms with Gasteiger partial charge in [0.1, 0.15) is 11.8 Å². The Balaban J connectivity index is 2.04. The van der Waals surface area contributed by atoms with Gasteiger partial charge in [-0.1, -0.05) is 30.3 Å². The molecule has 0 amide bonds. The van der Waals surface area contributed by atoms with Crippen LogP contribution >= 0.6 is 12.2 Å². The molecule has 1 atom stereocenters. The lowest BCUT2D eigenvalue weighted by atomic mass is 10.0. The molecule has 0 radical (unpaired) electrons. The molecule has 24 heavy (non-hydrogen) atoms. The van der Waals surface area contributed by atoms with E-state index in [2.05, 4.69) is 43.8 Å². The van der Waals surface area contributed by atoms with Crippen LogP contribution in [-0.2, 0) is 0 Å². The van der Waals surface area contributed by atoms with Crippen molar-refractivity contribution in [2.45, 2.75) is 13.0 Å². The highest BCUT2D eigenvalue weighted by Gasteiger charge is 2.21. The quantitative estimate of drug-likeness (QED) is 0.702. The number of benzene rings is 2. The number of likely N-dealkylation sites (N-methyl/N-ethyl adjacent to an activating group) is 1. The van der Waals surface area contributed by atoms with E-state index in [0.29, 0.717) is 5.11 Å². The zero-order valence-corrected chi connectivity index (χ0v) is 15.5. The van der Waals surface area contributed by atoms with Crippen molar-refractivity contribution in [3.63, 3.8) is 0 Å². The van der Waals surface area contributed by atoms with Crippen LogP contribution in [0.2, 0.25) is 0 Å². The summed E-state index contributed by atoms with van der Waals surface area (Å²) in [5, 5.41) is 7.23. The first-order chi connectivity index (χ1) is 11.5. The number of methoxy groups -OCH3 is 1. The molecule has 0 aliphatic rings. The number of nitrogens with one attached hydrogen (secondary N) is 3. The van der Waals surface area contributed by atoms with Crippen LogP contribution in [-0.4, -0.2) is 32.9 Å². The summed E-state index contributed by atoms with van der Waals surface area (Å²) in [7, 11) is 5.98. The summed E-state index contributed by atoms with van der Waals surface area (Å²) in [6.45, 7) is 2.78. The van der Waals surface area contributed by atoms with Gasteiger partial charge < -0.3 is 20.3 Å². The SMILES string of the molecule is COc1ccccc1[C@@H](CNC(=S)Nc1ccccc1C)[NH+](C)C. The van der Waals surface area contributed by atoms with Crippen LogP contribution in [0.15, 0.2) is 48.5 Å². The molecule has 0 saturated heterocycles. The monoisotopic (exact) mass is 344 g/mol. The van der Waals surface area contributed by atoms with E-state index in [0.717, 1.165) is 18.0 Å². The van der Waals surface area contributed by atoms with Crippen LogP contribution in [0.4, 0.5) is 5.69 Å². The number of aryl methyl sites for hydroxylation is 1. The number of quaternary nitrogens is 1. The second-order valence-electron chi connectivity index (χ2n) is 6.02. The molecule has 4 nitrogen and oxygen atoms in total. The fraction of sp³-hybridized carbons (Fsp3) is 0.316. The Labute approximate surface area is 149 Å². The van der Waals surface area contributed by atoms with Crippen LogP contribution in [0.25, 0.3) is 0 Å². The third kappa shape index (κ3) is 4.69. The first-order valence-electron chi connectivity index (χ1n) is 8.06. The number of anilines is 1. The van der Waals surface area contributed by atoms with Gasteiger partial charge in [0.2, 0.25) is 0 Å². The Kier molecular flexibility index (Phi) is 6.58. The fourth-order valence-corrected chi connectivity index (χ4v) is 2.85. The van der Waals surface area contributed by atoms with Crippen molar-refractivity contribution in [1.29, 1.82) is 0 Å². The Hall–Kier alpha value is -2.11. The van der Waals surface area contributed by atoms with E-state index in [1.807, 2.05) is 36.4 Å². The van der Waals surface area contributed by atoms with Gasteiger partial charge in [-0.2, -0.15) is 0 Å². The average Bonchev–Trinajstić information content (AvgIpc) is 2.57. The maximum Gasteiger partial charge on any atom is 0.171 e. The highest BCUT2D eigenvalue weighted by atomic mass is 32.1. The van der Waals surface area contributed by atoms with Crippen LogP contribution in [0.5, 0.6) is 5.75 Å². The maximum atomic E-state index is 5.51. The third-order valence-electron chi connectivity index (χ3n) is 4.07. The Morgan fingerprint density at radius 3 is 2.46 bits per heavy atom. The molecule has 0 saturated carbocycles. The molecule has 0 aromatic heterocycles. The predicted molar refractivity (Wildman–Crippen MR) is 104 cm³/mol.